The van der Waals surface area contributed by atoms with E-state index in [1.165, 1.54) is 41.1 Å². The van der Waals surface area contributed by atoms with Crippen LogP contribution in [0.3, 0.4) is 0 Å². The Hall–Kier alpha value is -2.87. The van der Waals surface area contributed by atoms with Gasteiger partial charge in [-0.25, -0.2) is 22.8 Å². The maximum absolute atomic E-state index is 13.5. The average Bonchev–Trinajstić information content (AvgIpc) is 3.64. The lowest BCUT2D eigenvalue weighted by Gasteiger charge is -2.39. The first kappa shape index (κ1) is 28.7. The van der Waals surface area contributed by atoms with Gasteiger partial charge in [0.15, 0.2) is 9.34 Å². The van der Waals surface area contributed by atoms with E-state index in [1.807, 2.05) is 11.5 Å². The molecule has 0 saturated carbocycles. The molecule has 4 heterocycles. The second-order valence-corrected chi connectivity index (χ2v) is 13.8. The van der Waals surface area contributed by atoms with Crippen molar-refractivity contribution in [3.63, 3.8) is 0 Å². The molecular weight excluding hydrogens is 555 g/mol. The van der Waals surface area contributed by atoms with Gasteiger partial charge in [0.1, 0.15) is 5.82 Å². The van der Waals surface area contributed by atoms with E-state index in [0.717, 1.165) is 42.6 Å². The number of imidazole rings is 1. The highest BCUT2D eigenvalue weighted by molar-refractivity contribution is 7.91. The van der Waals surface area contributed by atoms with E-state index in [-0.39, 0.29) is 35.1 Å². The number of likely N-dealkylation sites (N-methyl/N-ethyl adjacent to an activating group) is 1. The Bertz CT molecular complexity index is 1430. The zero-order chi connectivity index (χ0) is 28.5. The van der Waals surface area contributed by atoms with Gasteiger partial charge in [-0.3, -0.25) is 4.79 Å². The smallest absolute Gasteiger partial charge is 0.312 e. The number of benzene rings is 1. The number of carbonyl (C=O) groups is 1. The molecule has 2 saturated heterocycles. The van der Waals surface area contributed by atoms with E-state index < -0.39 is 15.4 Å². The quantitative estimate of drug-likeness (QED) is 0.369. The maximum atomic E-state index is 13.5. The van der Waals surface area contributed by atoms with Crippen LogP contribution in [0.5, 0.6) is 0 Å². The summed E-state index contributed by atoms with van der Waals surface area (Å²) in [6, 6.07) is 6.18. The average molecular weight is 591 g/mol. The number of anilines is 1. The molecule has 2 aliphatic heterocycles. The summed E-state index contributed by atoms with van der Waals surface area (Å²) in [4.78, 5) is 26.3. The Balaban J connectivity index is 1.31. The molecule has 2 aromatic heterocycles. The van der Waals surface area contributed by atoms with Gasteiger partial charge in [0.2, 0.25) is 0 Å². The molecule has 1 unspecified atom stereocenters. The Kier molecular flexibility index (Phi) is 8.27. The second-order valence-electron chi connectivity index (χ2n) is 10.6. The van der Waals surface area contributed by atoms with Crippen LogP contribution in [-0.2, 0) is 26.0 Å². The van der Waals surface area contributed by atoms with Crippen molar-refractivity contribution in [2.75, 3.05) is 58.3 Å². The molecule has 3 aromatic rings. The van der Waals surface area contributed by atoms with Gasteiger partial charge >= 0.3 is 5.97 Å². The largest absolute Gasteiger partial charge is 0.469 e. The van der Waals surface area contributed by atoms with Crippen molar-refractivity contribution in [1.82, 2.24) is 23.7 Å². The van der Waals surface area contributed by atoms with Crippen molar-refractivity contribution in [3.8, 4) is 0 Å². The number of ether oxygens (including phenoxy) is 1. The minimum Gasteiger partial charge on any atom is -0.469 e. The Morgan fingerprint density at radius 2 is 1.77 bits per heavy atom. The number of sulfonamides is 1. The fourth-order valence-corrected chi connectivity index (χ4v) is 8.30. The molecule has 0 bridgehead atoms. The SMILES string of the molecule is COC(=O)C1(Cc2cncn2C(C)c2ccc(F)cc2)CCN(S(=O)(=O)c2cnc(N3CCN(C)CC3)s2)CC1. The Labute approximate surface area is 238 Å². The van der Waals surface area contributed by atoms with E-state index in [0.29, 0.717) is 19.3 Å². The summed E-state index contributed by atoms with van der Waals surface area (Å²) in [5.74, 6) is -0.663. The minimum absolute atomic E-state index is 0.130. The van der Waals surface area contributed by atoms with Crippen LogP contribution in [0.2, 0.25) is 0 Å². The standard InChI is InChI=1S/C27H35FN6O4S2/c1-20(21-4-6-22(28)7-5-21)34-19-29-17-23(34)16-27(25(35)38-3)8-10-33(11-9-27)40(36,37)24-18-30-26(39-24)32-14-12-31(2)13-15-32/h4-7,17-20H,8-16H2,1-3H3. The highest BCUT2D eigenvalue weighted by Gasteiger charge is 2.46. The third-order valence-electron chi connectivity index (χ3n) is 8.17. The minimum atomic E-state index is -3.74. The summed E-state index contributed by atoms with van der Waals surface area (Å²) in [5.41, 5.74) is 0.853. The summed E-state index contributed by atoms with van der Waals surface area (Å²) >= 11 is 1.20. The van der Waals surface area contributed by atoms with Crippen LogP contribution in [0.15, 0.2) is 47.2 Å². The van der Waals surface area contributed by atoms with Gasteiger partial charge in [-0.15, -0.1) is 0 Å². The lowest BCUT2D eigenvalue weighted by molar-refractivity contribution is -0.155. The number of halogens is 1. The highest BCUT2D eigenvalue weighted by Crippen LogP contribution is 2.40. The van der Waals surface area contributed by atoms with Crippen molar-refractivity contribution >= 4 is 32.5 Å². The van der Waals surface area contributed by atoms with Gasteiger partial charge in [0.25, 0.3) is 10.0 Å². The topological polar surface area (TPSA) is 101 Å². The molecule has 0 spiro atoms. The van der Waals surface area contributed by atoms with Crippen molar-refractivity contribution < 1.29 is 22.3 Å². The molecule has 2 aliphatic rings. The maximum Gasteiger partial charge on any atom is 0.312 e. The lowest BCUT2D eigenvalue weighted by atomic mass is 9.75. The number of esters is 1. The van der Waals surface area contributed by atoms with Gasteiger partial charge in [0.05, 0.1) is 31.1 Å². The third-order valence-corrected chi connectivity index (χ3v) is 11.6. The summed E-state index contributed by atoms with van der Waals surface area (Å²) in [6.45, 7) is 5.82. The lowest BCUT2D eigenvalue weighted by Crippen LogP contribution is -2.48. The molecule has 13 heteroatoms. The molecular formula is C27H35FN6O4S2. The second kappa shape index (κ2) is 11.6. The molecule has 10 nitrogen and oxygen atoms in total. The number of rotatable bonds is 8. The molecule has 216 valence electrons. The number of carbonyl (C=O) groups excluding carboxylic acids is 1. The van der Waals surface area contributed by atoms with Crippen LogP contribution in [0.1, 0.15) is 37.1 Å². The Morgan fingerprint density at radius 3 is 2.42 bits per heavy atom. The molecule has 5 rings (SSSR count). The Morgan fingerprint density at radius 1 is 1.10 bits per heavy atom. The van der Waals surface area contributed by atoms with Gasteiger partial charge in [0, 0.05) is 57.6 Å². The van der Waals surface area contributed by atoms with E-state index in [2.05, 4.69) is 26.8 Å². The molecule has 0 aliphatic carbocycles. The normalized spacial score (nSPS) is 19.4. The number of thiazole rings is 1. The first-order chi connectivity index (χ1) is 19.1. The van der Waals surface area contributed by atoms with Crippen LogP contribution in [0, 0.1) is 11.2 Å². The number of nitrogens with zero attached hydrogens (tertiary/aromatic N) is 6. The third kappa shape index (κ3) is 5.65. The van der Waals surface area contributed by atoms with Gasteiger partial charge < -0.3 is 19.1 Å². The number of aromatic nitrogens is 3. The molecule has 0 amide bonds. The van der Waals surface area contributed by atoms with Gasteiger partial charge in [-0.1, -0.05) is 23.5 Å². The first-order valence-corrected chi connectivity index (χ1v) is 15.6. The van der Waals surface area contributed by atoms with Crippen molar-refractivity contribution in [2.45, 2.75) is 36.4 Å². The van der Waals surface area contributed by atoms with Crippen LogP contribution < -0.4 is 4.90 Å². The van der Waals surface area contributed by atoms with E-state index in [1.54, 1.807) is 24.7 Å². The monoisotopic (exact) mass is 590 g/mol. The zero-order valence-electron chi connectivity index (χ0n) is 23.0. The van der Waals surface area contributed by atoms with Crippen molar-refractivity contribution in [2.24, 2.45) is 5.41 Å². The van der Waals surface area contributed by atoms with Crippen molar-refractivity contribution in [1.29, 1.82) is 0 Å². The zero-order valence-corrected chi connectivity index (χ0v) is 24.6. The number of piperidine rings is 1. The van der Waals surface area contributed by atoms with E-state index in [4.69, 9.17) is 4.74 Å². The molecule has 0 radical (unpaired) electrons. The number of hydrogen-bond donors (Lipinski definition) is 0. The fraction of sp³-hybridized carbons (Fsp3) is 0.519. The fourth-order valence-electron chi connectivity index (χ4n) is 5.53. The van der Waals surface area contributed by atoms with E-state index >= 15 is 0 Å². The summed E-state index contributed by atoms with van der Waals surface area (Å²) in [7, 11) is -0.311. The number of piperazine rings is 1. The summed E-state index contributed by atoms with van der Waals surface area (Å²) < 4.78 is 49.4. The predicted octanol–water partition coefficient (Wildman–Crippen LogP) is 3.03. The van der Waals surface area contributed by atoms with Gasteiger partial charge in [-0.2, -0.15) is 4.31 Å². The molecule has 1 aromatic carbocycles. The van der Waals surface area contributed by atoms with E-state index in [9.17, 15) is 17.6 Å². The predicted molar refractivity (Wildman–Crippen MR) is 150 cm³/mol. The van der Waals surface area contributed by atoms with Crippen LogP contribution in [0.25, 0.3) is 0 Å². The summed E-state index contributed by atoms with van der Waals surface area (Å²) in [5, 5.41) is 0.719. The number of hydrogen-bond acceptors (Lipinski definition) is 9. The van der Waals surface area contributed by atoms with Crippen molar-refractivity contribution in [3.05, 3.63) is 60.1 Å². The van der Waals surface area contributed by atoms with Gasteiger partial charge in [-0.05, 0) is 44.5 Å². The molecule has 0 N–H and O–H groups in total. The molecule has 1 atom stereocenters. The van der Waals surface area contributed by atoms with Crippen LogP contribution >= 0.6 is 11.3 Å². The number of methoxy groups -OCH3 is 1. The van der Waals surface area contributed by atoms with Crippen LogP contribution in [0.4, 0.5) is 9.52 Å². The first-order valence-electron chi connectivity index (χ1n) is 13.4. The molecule has 2 fully saturated rings. The molecule has 40 heavy (non-hydrogen) atoms. The summed E-state index contributed by atoms with van der Waals surface area (Å²) in [6.07, 6.45) is 5.87. The van der Waals surface area contributed by atoms with Crippen LogP contribution in [-0.4, -0.2) is 91.6 Å². The highest BCUT2D eigenvalue weighted by atomic mass is 32.2.